The minimum absolute atomic E-state index is 0.486. The molecule has 1 saturated carbocycles. The lowest BCUT2D eigenvalue weighted by molar-refractivity contribution is 0.0670. The Balaban J connectivity index is 1.68. The molecule has 2 aliphatic rings. The molecular weight excluding hydrogens is 200 g/mol. The van der Waals surface area contributed by atoms with Gasteiger partial charge in [0.05, 0.1) is 6.10 Å². The van der Waals surface area contributed by atoms with Crippen molar-refractivity contribution >= 4 is 0 Å². The number of rotatable bonds is 7. The van der Waals surface area contributed by atoms with Gasteiger partial charge in [-0.05, 0) is 39.2 Å². The Morgan fingerprint density at radius 1 is 1.38 bits per heavy atom. The summed E-state index contributed by atoms with van der Waals surface area (Å²) in [5.41, 5.74) is 0. The lowest BCUT2D eigenvalue weighted by atomic mass is 10.1. The van der Waals surface area contributed by atoms with E-state index in [1.165, 1.54) is 32.1 Å². The van der Waals surface area contributed by atoms with Crippen LogP contribution in [0.1, 0.15) is 39.0 Å². The number of likely N-dealkylation sites (N-methyl/N-ethyl adjacent to an activating group) is 1. The molecule has 0 aromatic rings. The van der Waals surface area contributed by atoms with Crippen molar-refractivity contribution in [1.29, 1.82) is 0 Å². The molecule has 0 aromatic heterocycles. The van der Waals surface area contributed by atoms with E-state index >= 15 is 0 Å². The number of hydrogen-bond acceptors (Lipinski definition) is 3. The standard InChI is InChI=1S/C13H26N2O/c1-3-12(9-14-11-6-7-11)15(2)10-13-5-4-8-16-13/h11-14H,3-10H2,1-2H3. The second-order valence-electron chi connectivity index (χ2n) is 5.32. The number of ether oxygens (including phenoxy) is 1. The molecule has 3 heteroatoms. The third kappa shape index (κ3) is 3.72. The highest BCUT2D eigenvalue weighted by molar-refractivity contribution is 4.84. The Kier molecular flexibility index (Phi) is 4.62. The highest BCUT2D eigenvalue weighted by Crippen LogP contribution is 2.19. The van der Waals surface area contributed by atoms with Crippen LogP contribution in [0.25, 0.3) is 0 Å². The van der Waals surface area contributed by atoms with Gasteiger partial charge in [0.2, 0.25) is 0 Å². The molecule has 1 N–H and O–H groups in total. The van der Waals surface area contributed by atoms with Gasteiger partial charge in [0.25, 0.3) is 0 Å². The molecule has 1 aliphatic heterocycles. The van der Waals surface area contributed by atoms with E-state index in [0.29, 0.717) is 12.1 Å². The molecule has 0 aromatic carbocycles. The van der Waals surface area contributed by atoms with Crippen LogP contribution in [0.2, 0.25) is 0 Å². The second kappa shape index (κ2) is 5.99. The molecule has 0 radical (unpaired) electrons. The molecule has 2 fully saturated rings. The highest BCUT2D eigenvalue weighted by atomic mass is 16.5. The molecule has 94 valence electrons. The molecule has 2 rings (SSSR count). The molecule has 0 bridgehead atoms. The van der Waals surface area contributed by atoms with Crippen LogP contribution in [0.5, 0.6) is 0 Å². The third-order valence-electron chi connectivity index (χ3n) is 3.83. The van der Waals surface area contributed by atoms with Gasteiger partial charge in [0.15, 0.2) is 0 Å². The summed E-state index contributed by atoms with van der Waals surface area (Å²) >= 11 is 0. The molecule has 2 atom stereocenters. The van der Waals surface area contributed by atoms with Crippen molar-refractivity contribution in [3.8, 4) is 0 Å². The Labute approximate surface area is 99.5 Å². The van der Waals surface area contributed by atoms with Gasteiger partial charge in [-0.1, -0.05) is 6.92 Å². The predicted molar refractivity (Wildman–Crippen MR) is 66.7 cm³/mol. The summed E-state index contributed by atoms with van der Waals surface area (Å²) in [6.45, 7) is 5.50. The summed E-state index contributed by atoms with van der Waals surface area (Å²) < 4.78 is 5.69. The van der Waals surface area contributed by atoms with E-state index in [1.54, 1.807) is 0 Å². The van der Waals surface area contributed by atoms with Crippen molar-refractivity contribution < 1.29 is 4.74 Å². The minimum Gasteiger partial charge on any atom is -0.377 e. The maximum Gasteiger partial charge on any atom is 0.0702 e. The molecule has 1 aliphatic carbocycles. The summed E-state index contributed by atoms with van der Waals surface area (Å²) in [5, 5.41) is 3.63. The first-order valence-corrected chi connectivity index (χ1v) is 6.84. The van der Waals surface area contributed by atoms with Crippen LogP contribution in [0, 0.1) is 0 Å². The molecule has 3 nitrogen and oxygen atoms in total. The summed E-state index contributed by atoms with van der Waals surface area (Å²) in [4.78, 5) is 2.48. The fourth-order valence-corrected chi connectivity index (χ4v) is 2.46. The molecule has 2 unspecified atom stereocenters. The van der Waals surface area contributed by atoms with E-state index in [4.69, 9.17) is 4.74 Å². The number of hydrogen-bond donors (Lipinski definition) is 1. The fourth-order valence-electron chi connectivity index (χ4n) is 2.46. The van der Waals surface area contributed by atoms with Crippen LogP contribution in [0.3, 0.4) is 0 Å². The van der Waals surface area contributed by atoms with Gasteiger partial charge in [0, 0.05) is 31.8 Å². The van der Waals surface area contributed by atoms with Crippen LogP contribution in [-0.4, -0.2) is 49.8 Å². The van der Waals surface area contributed by atoms with E-state index in [1.807, 2.05) is 0 Å². The quantitative estimate of drug-likeness (QED) is 0.714. The van der Waals surface area contributed by atoms with Crippen LogP contribution in [0.4, 0.5) is 0 Å². The van der Waals surface area contributed by atoms with E-state index in [0.717, 1.165) is 25.7 Å². The van der Waals surface area contributed by atoms with Crippen molar-refractivity contribution in [2.45, 2.75) is 57.2 Å². The summed E-state index contributed by atoms with van der Waals surface area (Å²) in [5.74, 6) is 0. The lowest BCUT2D eigenvalue weighted by Gasteiger charge is -2.29. The van der Waals surface area contributed by atoms with E-state index < -0.39 is 0 Å². The Morgan fingerprint density at radius 3 is 2.75 bits per heavy atom. The molecule has 16 heavy (non-hydrogen) atoms. The van der Waals surface area contributed by atoms with Crippen LogP contribution in [0.15, 0.2) is 0 Å². The smallest absolute Gasteiger partial charge is 0.0702 e. The van der Waals surface area contributed by atoms with Gasteiger partial charge in [-0.15, -0.1) is 0 Å². The zero-order valence-corrected chi connectivity index (χ0v) is 10.7. The van der Waals surface area contributed by atoms with Crippen molar-refractivity contribution in [2.75, 3.05) is 26.7 Å². The largest absolute Gasteiger partial charge is 0.377 e. The van der Waals surface area contributed by atoms with Crippen LogP contribution in [-0.2, 0) is 4.74 Å². The topological polar surface area (TPSA) is 24.5 Å². The van der Waals surface area contributed by atoms with E-state index in [2.05, 4.69) is 24.2 Å². The first kappa shape index (κ1) is 12.3. The van der Waals surface area contributed by atoms with E-state index in [9.17, 15) is 0 Å². The lowest BCUT2D eigenvalue weighted by Crippen LogP contribution is -2.43. The minimum atomic E-state index is 0.486. The van der Waals surface area contributed by atoms with Gasteiger partial charge in [-0.3, -0.25) is 4.90 Å². The molecule has 1 heterocycles. The normalized spacial score (nSPS) is 27.6. The van der Waals surface area contributed by atoms with Gasteiger partial charge in [-0.25, -0.2) is 0 Å². The first-order chi connectivity index (χ1) is 7.79. The van der Waals surface area contributed by atoms with Gasteiger partial charge >= 0.3 is 0 Å². The average Bonchev–Trinajstić information content (AvgIpc) is 2.96. The number of nitrogens with one attached hydrogen (secondary N) is 1. The zero-order chi connectivity index (χ0) is 11.4. The zero-order valence-electron chi connectivity index (χ0n) is 10.7. The van der Waals surface area contributed by atoms with Crippen LogP contribution < -0.4 is 5.32 Å². The Hall–Kier alpha value is -0.120. The monoisotopic (exact) mass is 226 g/mol. The van der Waals surface area contributed by atoms with Crippen molar-refractivity contribution in [3.05, 3.63) is 0 Å². The number of nitrogens with zero attached hydrogens (tertiary/aromatic N) is 1. The maximum absolute atomic E-state index is 5.69. The van der Waals surface area contributed by atoms with Gasteiger partial charge in [0.1, 0.15) is 0 Å². The SMILES string of the molecule is CCC(CNC1CC1)N(C)CC1CCCO1. The first-order valence-electron chi connectivity index (χ1n) is 6.84. The summed E-state index contributed by atoms with van der Waals surface area (Å²) in [7, 11) is 2.24. The molecule has 0 amide bonds. The average molecular weight is 226 g/mol. The van der Waals surface area contributed by atoms with Crippen LogP contribution >= 0.6 is 0 Å². The van der Waals surface area contributed by atoms with Gasteiger partial charge < -0.3 is 10.1 Å². The van der Waals surface area contributed by atoms with E-state index in [-0.39, 0.29) is 0 Å². The molecule has 0 spiro atoms. The third-order valence-corrected chi connectivity index (χ3v) is 3.83. The highest BCUT2D eigenvalue weighted by Gasteiger charge is 2.24. The second-order valence-corrected chi connectivity index (χ2v) is 5.32. The van der Waals surface area contributed by atoms with Gasteiger partial charge in [-0.2, -0.15) is 0 Å². The summed E-state index contributed by atoms with van der Waals surface area (Å²) in [6.07, 6.45) is 6.97. The van der Waals surface area contributed by atoms with Crippen molar-refractivity contribution in [2.24, 2.45) is 0 Å². The van der Waals surface area contributed by atoms with Crippen molar-refractivity contribution in [3.63, 3.8) is 0 Å². The fraction of sp³-hybridized carbons (Fsp3) is 1.00. The maximum atomic E-state index is 5.69. The van der Waals surface area contributed by atoms with Crippen molar-refractivity contribution in [1.82, 2.24) is 10.2 Å². The Morgan fingerprint density at radius 2 is 2.19 bits per heavy atom. The Bertz CT molecular complexity index is 200. The molecular formula is C13H26N2O. The summed E-state index contributed by atoms with van der Waals surface area (Å²) in [6, 6.07) is 1.50. The molecule has 1 saturated heterocycles. The predicted octanol–water partition coefficient (Wildman–Crippen LogP) is 1.63.